The fourth-order valence-electron chi connectivity index (χ4n) is 1.95. The SMILES string of the molecule is CCC(CNC)CN1CCC(F)(F)C1. The van der Waals surface area contributed by atoms with Crippen LogP contribution in [0.25, 0.3) is 0 Å². The standard InChI is InChI=1S/C10H20F2N2/c1-3-9(6-13-2)7-14-5-4-10(11,12)8-14/h9,13H,3-8H2,1-2H3. The van der Waals surface area contributed by atoms with Crippen molar-refractivity contribution in [2.24, 2.45) is 5.92 Å². The van der Waals surface area contributed by atoms with Gasteiger partial charge in [0.2, 0.25) is 0 Å². The Morgan fingerprint density at radius 1 is 1.50 bits per heavy atom. The minimum absolute atomic E-state index is 0.0307. The van der Waals surface area contributed by atoms with E-state index in [-0.39, 0.29) is 13.0 Å². The van der Waals surface area contributed by atoms with E-state index in [1.807, 2.05) is 11.9 Å². The number of hydrogen-bond donors (Lipinski definition) is 1. The first-order valence-electron chi connectivity index (χ1n) is 5.32. The topological polar surface area (TPSA) is 15.3 Å². The number of rotatable bonds is 5. The molecule has 1 aliphatic rings. The molecule has 1 fully saturated rings. The second kappa shape index (κ2) is 5.03. The van der Waals surface area contributed by atoms with Gasteiger partial charge in [-0.05, 0) is 19.5 Å². The highest BCUT2D eigenvalue weighted by atomic mass is 19.3. The lowest BCUT2D eigenvalue weighted by Gasteiger charge is -2.22. The van der Waals surface area contributed by atoms with Gasteiger partial charge >= 0.3 is 0 Å². The Labute approximate surface area is 84.7 Å². The van der Waals surface area contributed by atoms with E-state index in [2.05, 4.69) is 12.2 Å². The Morgan fingerprint density at radius 3 is 2.64 bits per heavy atom. The van der Waals surface area contributed by atoms with Gasteiger partial charge in [0, 0.05) is 19.5 Å². The van der Waals surface area contributed by atoms with Gasteiger partial charge < -0.3 is 5.32 Å². The molecule has 0 bridgehead atoms. The first kappa shape index (κ1) is 11.9. The molecule has 1 atom stereocenters. The van der Waals surface area contributed by atoms with Crippen molar-refractivity contribution in [2.45, 2.75) is 25.7 Å². The molecule has 1 rings (SSSR count). The summed E-state index contributed by atoms with van der Waals surface area (Å²) >= 11 is 0. The monoisotopic (exact) mass is 206 g/mol. The van der Waals surface area contributed by atoms with Gasteiger partial charge in [0.15, 0.2) is 0 Å². The van der Waals surface area contributed by atoms with Crippen molar-refractivity contribution in [1.82, 2.24) is 10.2 Å². The van der Waals surface area contributed by atoms with Gasteiger partial charge in [-0.25, -0.2) is 8.78 Å². The Morgan fingerprint density at radius 2 is 2.21 bits per heavy atom. The summed E-state index contributed by atoms with van der Waals surface area (Å²) in [6.45, 7) is 4.32. The van der Waals surface area contributed by atoms with E-state index in [4.69, 9.17) is 0 Å². The molecule has 1 unspecified atom stereocenters. The number of nitrogens with zero attached hydrogens (tertiary/aromatic N) is 1. The van der Waals surface area contributed by atoms with Crippen molar-refractivity contribution >= 4 is 0 Å². The molecule has 0 spiro atoms. The van der Waals surface area contributed by atoms with Gasteiger partial charge in [-0.15, -0.1) is 0 Å². The van der Waals surface area contributed by atoms with Gasteiger partial charge in [0.25, 0.3) is 5.92 Å². The molecule has 2 nitrogen and oxygen atoms in total. The molecular formula is C10H20F2N2. The lowest BCUT2D eigenvalue weighted by molar-refractivity contribution is 0.0108. The maximum atomic E-state index is 12.9. The van der Waals surface area contributed by atoms with Gasteiger partial charge in [-0.1, -0.05) is 13.3 Å². The fourth-order valence-corrected chi connectivity index (χ4v) is 1.95. The van der Waals surface area contributed by atoms with E-state index in [1.165, 1.54) is 0 Å². The molecule has 1 aliphatic heterocycles. The Hall–Kier alpha value is -0.220. The fraction of sp³-hybridized carbons (Fsp3) is 1.00. The van der Waals surface area contributed by atoms with E-state index in [1.54, 1.807) is 0 Å². The summed E-state index contributed by atoms with van der Waals surface area (Å²) in [6.07, 6.45) is 1.08. The van der Waals surface area contributed by atoms with Gasteiger partial charge in [-0.3, -0.25) is 4.90 Å². The average molecular weight is 206 g/mol. The van der Waals surface area contributed by atoms with E-state index < -0.39 is 5.92 Å². The molecular weight excluding hydrogens is 186 g/mol. The van der Waals surface area contributed by atoms with Crippen molar-refractivity contribution in [3.63, 3.8) is 0 Å². The van der Waals surface area contributed by atoms with Crippen molar-refractivity contribution in [2.75, 3.05) is 33.2 Å². The number of hydrogen-bond acceptors (Lipinski definition) is 2. The molecule has 84 valence electrons. The predicted molar refractivity (Wildman–Crippen MR) is 53.7 cm³/mol. The highest BCUT2D eigenvalue weighted by molar-refractivity contribution is 4.82. The summed E-state index contributed by atoms with van der Waals surface area (Å²) in [5, 5.41) is 3.10. The molecule has 0 amide bonds. The van der Waals surface area contributed by atoms with Gasteiger partial charge in [-0.2, -0.15) is 0 Å². The highest BCUT2D eigenvalue weighted by Gasteiger charge is 2.38. The minimum atomic E-state index is -2.45. The lowest BCUT2D eigenvalue weighted by Crippen LogP contribution is -2.33. The zero-order chi connectivity index (χ0) is 10.6. The summed E-state index contributed by atoms with van der Waals surface area (Å²) in [7, 11) is 1.90. The number of halogens is 2. The Kier molecular flexibility index (Phi) is 4.26. The van der Waals surface area contributed by atoms with Crippen molar-refractivity contribution in [1.29, 1.82) is 0 Å². The second-order valence-electron chi connectivity index (χ2n) is 4.17. The van der Waals surface area contributed by atoms with Crippen LogP contribution in [-0.4, -0.2) is 44.0 Å². The third kappa shape index (κ3) is 3.50. The third-order valence-electron chi connectivity index (χ3n) is 2.84. The molecule has 0 aliphatic carbocycles. The molecule has 0 aromatic rings. The lowest BCUT2D eigenvalue weighted by atomic mass is 10.1. The number of alkyl halides is 2. The molecule has 1 N–H and O–H groups in total. The predicted octanol–water partition coefficient (Wildman–Crippen LogP) is 1.57. The van der Waals surface area contributed by atoms with Crippen molar-refractivity contribution in [3.8, 4) is 0 Å². The van der Waals surface area contributed by atoms with Crippen molar-refractivity contribution < 1.29 is 8.78 Å². The number of nitrogens with one attached hydrogen (secondary N) is 1. The maximum Gasteiger partial charge on any atom is 0.261 e. The first-order valence-corrected chi connectivity index (χ1v) is 5.32. The van der Waals surface area contributed by atoms with Crippen LogP contribution in [0.5, 0.6) is 0 Å². The highest BCUT2D eigenvalue weighted by Crippen LogP contribution is 2.27. The molecule has 0 aromatic heterocycles. The molecule has 0 radical (unpaired) electrons. The summed E-state index contributed by atoms with van der Waals surface area (Å²) < 4.78 is 25.8. The van der Waals surface area contributed by atoms with Crippen LogP contribution in [-0.2, 0) is 0 Å². The average Bonchev–Trinajstić information content (AvgIpc) is 2.45. The van der Waals surface area contributed by atoms with Crippen LogP contribution < -0.4 is 5.32 Å². The molecule has 0 aromatic carbocycles. The van der Waals surface area contributed by atoms with Crippen LogP contribution in [0, 0.1) is 5.92 Å². The summed E-state index contributed by atoms with van der Waals surface area (Å²) in [6, 6.07) is 0. The zero-order valence-corrected chi connectivity index (χ0v) is 9.02. The van der Waals surface area contributed by atoms with Crippen LogP contribution in [0.2, 0.25) is 0 Å². The quantitative estimate of drug-likeness (QED) is 0.734. The van der Waals surface area contributed by atoms with Crippen LogP contribution >= 0.6 is 0 Å². The molecule has 1 saturated heterocycles. The minimum Gasteiger partial charge on any atom is -0.319 e. The maximum absolute atomic E-state index is 12.9. The molecule has 1 heterocycles. The smallest absolute Gasteiger partial charge is 0.261 e. The van der Waals surface area contributed by atoms with Crippen LogP contribution in [0.1, 0.15) is 19.8 Å². The Balaban J connectivity index is 2.30. The molecule has 0 saturated carbocycles. The van der Waals surface area contributed by atoms with E-state index >= 15 is 0 Å². The second-order valence-corrected chi connectivity index (χ2v) is 4.17. The third-order valence-corrected chi connectivity index (χ3v) is 2.84. The van der Waals surface area contributed by atoms with Crippen molar-refractivity contribution in [3.05, 3.63) is 0 Å². The van der Waals surface area contributed by atoms with Gasteiger partial charge in [0.1, 0.15) is 0 Å². The van der Waals surface area contributed by atoms with Crippen LogP contribution in [0.3, 0.4) is 0 Å². The molecule has 4 heteroatoms. The van der Waals surface area contributed by atoms with E-state index in [9.17, 15) is 8.78 Å². The summed E-state index contributed by atoms with van der Waals surface area (Å²) in [4.78, 5) is 1.88. The van der Waals surface area contributed by atoms with E-state index in [0.717, 1.165) is 19.5 Å². The zero-order valence-electron chi connectivity index (χ0n) is 9.02. The summed E-state index contributed by atoms with van der Waals surface area (Å²) in [5.74, 6) is -1.95. The largest absolute Gasteiger partial charge is 0.319 e. The normalized spacial score (nSPS) is 24.0. The number of likely N-dealkylation sites (tertiary alicyclic amines) is 1. The van der Waals surface area contributed by atoms with E-state index in [0.29, 0.717) is 12.5 Å². The first-order chi connectivity index (χ1) is 6.57. The van der Waals surface area contributed by atoms with Gasteiger partial charge in [0.05, 0.1) is 6.54 Å². The Bertz CT molecular complexity index is 174. The molecule has 14 heavy (non-hydrogen) atoms. The van der Waals surface area contributed by atoms with Crippen LogP contribution in [0.4, 0.5) is 8.78 Å². The summed E-state index contributed by atoms with van der Waals surface area (Å²) in [5.41, 5.74) is 0. The van der Waals surface area contributed by atoms with Crippen LogP contribution in [0.15, 0.2) is 0 Å².